The molecular weight excluding hydrogens is 440 g/mol. The van der Waals surface area contributed by atoms with E-state index < -0.39 is 15.9 Å². The Morgan fingerprint density at radius 2 is 1.74 bits per heavy atom. The molecule has 2 aliphatic heterocycles. The van der Waals surface area contributed by atoms with E-state index in [-0.39, 0.29) is 30.0 Å². The molecule has 4 rings (SSSR count). The zero-order chi connectivity index (χ0) is 22.2. The van der Waals surface area contributed by atoms with Gasteiger partial charge in [0.15, 0.2) is 9.84 Å². The third-order valence-electron chi connectivity index (χ3n) is 5.96. The SMILES string of the molecule is COc1ccc(OC)c(CCN2CC(=O)N(c3ccc(Cl)cc3)[C@H]3CS(=O)(=O)C[C@@H]32)c1. The molecule has 0 spiro atoms. The summed E-state index contributed by atoms with van der Waals surface area (Å²) in [4.78, 5) is 16.7. The number of carbonyl (C=O) groups excluding carboxylic acids is 1. The van der Waals surface area contributed by atoms with E-state index in [0.717, 1.165) is 17.1 Å². The van der Waals surface area contributed by atoms with E-state index in [0.29, 0.717) is 23.7 Å². The lowest BCUT2D eigenvalue weighted by molar-refractivity contribution is -0.123. The van der Waals surface area contributed by atoms with Crippen LogP contribution in [-0.2, 0) is 21.1 Å². The Morgan fingerprint density at radius 3 is 2.42 bits per heavy atom. The second-order valence-electron chi connectivity index (χ2n) is 7.85. The number of rotatable bonds is 6. The van der Waals surface area contributed by atoms with Gasteiger partial charge >= 0.3 is 0 Å². The van der Waals surface area contributed by atoms with Crippen LogP contribution in [0, 0.1) is 0 Å². The van der Waals surface area contributed by atoms with Crippen molar-refractivity contribution in [3.63, 3.8) is 0 Å². The maximum absolute atomic E-state index is 13.1. The minimum atomic E-state index is -3.25. The van der Waals surface area contributed by atoms with Crippen molar-refractivity contribution >= 4 is 33.0 Å². The molecule has 2 aromatic carbocycles. The molecular formula is C22H25ClN2O5S. The molecule has 0 saturated carbocycles. The molecule has 0 N–H and O–H groups in total. The number of amides is 1. The molecule has 0 bridgehead atoms. The van der Waals surface area contributed by atoms with E-state index >= 15 is 0 Å². The average Bonchev–Trinajstić information content (AvgIpc) is 3.07. The van der Waals surface area contributed by atoms with Crippen molar-refractivity contribution in [1.82, 2.24) is 4.90 Å². The fourth-order valence-electron chi connectivity index (χ4n) is 4.48. The van der Waals surface area contributed by atoms with Crippen LogP contribution in [0.1, 0.15) is 5.56 Å². The summed E-state index contributed by atoms with van der Waals surface area (Å²) in [7, 11) is -0.0312. The monoisotopic (exact) mass is 464 g/mol. The number of carbonyl (C=O) groups is 1. The molecule has 0 unspecified atom stereocenters. The molecule has 9 heteroatoms. The van der Waals surface area contributed by atoms with Gasteiger partial charge < -0.3 is 14.4 Å². The number of hydrogen-bond acceptors (Lipinski definition) is 6. The van der Waals surface area contributed by atoms with Crippen molar-refractivity contribution in [2.45, 2.75) is 18.5 Å². The highest BCUT2D eigenvalue weighted by atomic mass is 35.5. The van der Waals surface area contributed by atoms with Gasteiger partial charge in [-0.15, -0.1) is 0 Å². The first-order valence-corrected chi connectivity index (χ1v) is 12.2. The molecule has 166 valence electrons. The molecule has 7 nitrogen and oxygen atoms in total. The van der Waals surface area contributed by atoms with E-state index in [2.05, 4.69) is 0 Å². The molecule has 2 aromatic rings. The summed E-state index contributed by atoms with van der Waals surface area (Å²) in [6.07, 6.45) is 0.609. The second-order valence-corrected chi connectivity index (χ2v) is 10.4. The van der Waals surface area contributed by atoms with Gasteiger partial charge in [0.25, 0.3) is 0 Å². The summed E-state index contributed by atoms with van der Waals surface area (Å²) in [6, 6.07) is 11.9. The summed E-state index contributed by atoms with van der Waals surface area (Å²) >= 11 is 5.99. The van der Waals surface area contributed by atoms with Gasteiger partial charge in [0.2, 0.25) is 5.91 Å². The third kappa shape index (κ3) is 4.51. The van der Waals surface area contributed by atoms with Gasteiger partial charge in [-0.1, -0.05) is 11.6 Å². The van der Waals surface area contributed by atoms with E-state index in [1.165, 1.54) is 0 Å². The second kappa shape index (κ2) is 8.68. The number of benzene rings is 2. The van der Waals surface area contributed by atoms with Crippen molar-refractivity contribution < 1.29 is 22.7 Å². The maximum atomic E-state index is 13.1. The molecule has 2 aliphatic rings. The van der Waals surface area contributed by atoms with Crippen molar-refractivity contribution in [2.24, 2.45) is 0 Å². The standard InChI is InChI=1S/C22H25ClN2O5S/c1-29-18-7-8-21(30-2)15(11-18)9-10-24-12-22(26)25(17-5-3-16(23)4-6-17)20-14-31(27,28)13-19(20)24/h3-8,11,19-20H,9-10,12-14H2,1-2H3/t19-,20-/m0/s1. The average molecular weight is 465 g/mol. The number of anilines is 1. The van der Waals surface area contributed by atoms with Crippen LogP contribution in [0.15, 0.2) is 42.5 Å². The number of methoxy groups -OCH3 is 2. The lowest BCUT2D eigenvalue weighted by Crippen LogP contribution is -2.62. The van der Waals surface area contributed by atoms with Crippen LogP contribution in [0.25, 0.3) is 0 Å². The number of nitrogens with zero attached hydrogens (tertiary/aromatic N) is 2. The van der Waals surface area contributed by atoms with Crippen LogP contribution in [0.2, 0.25) is 5.02 Å². The molecule has 1 amide bonds. The van der Waals surface area contributed by atoms with Gasteiger partial charge in [0, 0.05) is 23.3 Å². The topological polar surface area (TPSA) is 76.2 Å². The fourth-order valence-corrected chi connectivity index (χ4v) is 6.59. The molecule has 2 heterocycles. The van der Waals surface area contributed by atoms with Gasteiger partial charge in [-0.3, -0.25) is 9.69 Å². The molecule has 31 heavy (non-hydrogen) atoms. The number of ether oxygens (including phenoxy) is 2. The van der Waals surface area contributed by atoms with E-state index in [1.807, 2.05) is 23.1 Å². The summed E-state index contributed by atoms with van der Waals surface area (Å²) in [6.45, 7) is 0.700. The van der Waals surface area contributed by atoms with Crippen LogP contribution in [0.5, 0.6) is 11.5 Å². The largest absolute Gasteiger partial charge is 0.497 e. The summed E-state index contributed by atoms with van der Waals surface area (Å²) in [5.41, 5.74) is 1.63. The van der Waals surface area contributed by atoms with Gasteiger partial charge in [0.1, 0.15) is 11.5 Å². The van der Waals surface area contributed by atoms with Gasteiger partial charge in [-0.2, -0.15) is 0 Å². The minimum absolute atomic E-state index is 0.0367. The van der Waals surface area contributed by atoms with Crippen molar-refractivity contribution in [3.05, 3.63) is 53.1 Å². The first kappa shape index (κ1) is 21.9. The van der Waals surface area contributed by atoms with Crippen molar-refractivity contribution in [1.29, 1.82) is 0 Å². The number of halogens is 1. The highest BCUT2D eigenvalue weighted by Gasteiger charge is 2.49. The van der Waals surface area contributed by atoms with Gasteiger partial charge in [-0.05, 0) is 54.4 Å². The Bertz CT molecular complexity index is 1070. The molecule has 0 aliphatic carbocycles. The maximum Gasteiger partial charge on any atom is 0.241 e. The number of hydrogen-bond donors (Lipinski definition) is 0. The summed E-state index contributed by atoms with van der Waals surface area (Å²) in [5, 5.41) is 0.567. The zero-order valence-corrected chi connectivity index (χ0v) is 19.0. The van der Waals surface area contributed by atoms with Crippen molar-refractivity contribution in [2.75, 3.05) is 43.7 Å². The smallest absolute Gasteiger partial charge is 0.241 e. The Balaban J connectivity index is 1.58. The summed E-state index contributed by atoms with van der Waals surface area (Å²) < 4.78 is 35.8. The van der Waals surface area contributed by atoms with Crippen molar-refractivity contribution in [3.8, 4) is 11.5 Å². The zero-order valence-electron chi connectivity index (χ0n) is 17.5. The first-order valence-electron chi connectivity index (χ1n) is 10.0. The van der Waals surface area contributed by atoms with Crippen LogP contribution >= 0.6 is 11.6 Å². The predicted octanol–water partition coefficient (Wildman–Crippen LogP) is 2.41. The highest BCUT2D eigenvalue weighted by molar-refractivity contribution is 7.91. The highest BCUT2D eigenvalue weighted by Crippen LogP contribution is 2.33. The third-order valence-corrected chi connectivity index (χ3v) is 7.91. The first-order chi connectivity index (χ1) is 14.8. The lowest BCUT2D eigenvalue weighted by Gasteiger charge is -2.43. The predicted molar refractivity (Wildman–Crippen MR) is 120 cm³/mol. The van der Waals surface area contributed by atoms with E-state index in [1.54, 1.807) is 43.4 Å². The molecule has 0 radical (unpaired) electrons. The Hall–Kier alpha value is -2.29. The minimum Gasteiger partial charge on any atom is -0.497 e. The molecule has 2 fully saturated rings. The van der Waals surface area contributed by atoms with Crippen LogP contribution in [0.3, 0.4) is 0 Å². The lowest BCUT2D eigenvalue weighted by atomic mass is 10.0. The van der Waals surface area contributed by atoms with Gasteiger partial charge in [0.05, 0.1) is 38.3 Å². The van der Waals surface area contributed by atoms with Crippen LogP contribution in [-0.4, -0.2) is 70.1 Å². The van der Waals surface area contributed by atoms with E-state index in [9.17, 15) is 13.2 Å². The van der Waals surface area contributed by atoms with Crippen LogP contribution in [0.4, 0.5) is 5.69 Å². The molecule has 2 atom stereocenters. The Kier molecular flexibility index (Phi) is 6.14. The Morgan fingerprint density at radius 1 is 1.03 bits per heavy atom. The van der Waals surface area contributed by atoms with Gasteiger partial charge in [-0.25, -0.2) is 8.42 Å². The Labute approximate surface area is 187 Å². The molecule has 2 saturated heterocycles. The fraction of sp³-hybridized carbons (Fsp3) is 0.409. The number of fused-ring (bicyclic) bond motifs is 1. The molecule has 0 aromatic heterocycles. The normalized spacial score (nSPS) is 22.9. The summed E-state index contributed by atoms with van der Waals surface area (Å²) in [5.74, 6) is 1.36. The quantitative estimate of drug-likeness (QED) is 0.653. The van der Waals surface area contributed by atoms with Crippen LogP contribution < -0.4 is 14.4 Å². The van der Waals surface area contributed by atoms with E-state index in [4.69, 9.17) is 21.1 Å². The number of sulfone groups is 1. The number of piperazine rings is 1.